The predicted octanol–water partition coefficient (Wildman–Crippen LogP) is 6.97. The van der Waals surface area contributed by atoms with E-state index in [1.54, 1.807) is 7.11 Å². The Hall–Kier alpha value is -5.84. The number of nitrogens with one attached hydrogen (secondary N) is 4. The zero-order valence-electron chi connectivity index (χ0n) is 36.8. The van der Waals surface area contributed by atoms with E-state index in [0.717, 1.165) is 98.5 Å². The SMILES string of the molecule is COC[C@H]1C[C@@H](c2ncc(-c3ccc4c(c3)COc3cc5c(ccc6nc([C@@H]7C[C@@H]8CC8N7C(=O)[C@@H](NC(O)OC)C(C)C)[nH]c65)cc3-4)[nH]2)N(C[C@H](NC(=O)OC)c2ccccc2)C1. The molecular weight excluding hydrogens is 813 g/mol. The van der Waals surface area contributed by atoms with E-state index >= 15 is 0 Å². The number of hydrogen-bond donors (Lipinski definition) is 5. The van der Waals surface area contributed by atoms with E-state index in [1.165, 1.54) is 14.2 Å². The maximum absolute atomic E-state index is 14.1. The maximum atomic E-state index is 14.1. The van der Waals surface area contributed by atoms with E-state index in [0.29, 0.717) is 31.6 Å². The molecule has 15 nitrogen and oxygen atoms in total. The number of aliphatic hydroxyl groups excluding tert-OH is 1. The number of carbonyl (C=O) groups is 2. The molecule has 0 radical (unpaired) electrons. The minimum absolute atomic E-state index is 0.00100. The number of fused-ring (bicyclic) bond motifs is 7. The minimum Gasteiger partial charge on any atom is -0.488 e. The van der Waals surface area contributed by atoms with Crippen molar-refractivity contribution in [1.29, 1.82) is 0 Å². The van der Waals surface area contributed by atoms with Gasteiger partial charge in [-0.05, 0) is 88.9 Å². The van der Waals surface area contributed by atoms with E-state index < -0.39 is 18.5 Å². The zero-order chi connectivity index (χ0) is 44.2. The molecule has 2 saturated heterocycles. The highest BCUT2D eigenvalue weighted by Crippen LogP contribution is 2.54. The lowest BCUT2D eigenvalue weighted by molar-refractivity contribution is -0.146. The van der Waals surface area contributed by atoms with Crippen LogP contribution < -0.4 is 15.4 Å². The number of likely N-dealkylation sites (tertiary alicyclic amines) is 2. The van der Waals surface area contributed by atoms with Crippen LogP contribution in [0.5, 0.6) is 5.75 Å². The number of nitrogens with zero attached hydrogens (tertiary/aromatic N) is 4. The third kappa shape index (κ3) is 7.89. The topological polar surface area (TPSA) is 179 Å². The van der Waals surface area contributed by atoms with Crippen LogP contribution in [0.4, 0.5) is 4.79 Å². The highest BCUT2D eigenvalue weighted by Gasteiger charge is 2.56. The molecule has 1 saturated carbocycles. The number of ether oxygens (including phenoxy) is 4. The summed E-state index contributed by atoms with van der Waals surface area (Å²) in [4.78, 5) is 48.2. The molecule has 4 aromatic carbocycles. The Bertz CT molecular complexity index is 2680. The number of rotatable bonds is 14. The van der Waals surface area contributed by atoms with Crippen LogP contribution in [0.1, 0.15) is 74.0 Å². The first-order valence-electron chi connectivity index (χ1n) is 22.3. The minimum atomic E-state index is -1.23. The van der Waals surface area contributed by atoms with Crippen LogP contribution in [0.3, 0.4) is 0 Å². The van der Waals surface area contributed by atoms with E-state index in [-0.39, 0.29) is 36.0 Å². The lowest BCUT2D eigenvalue weighted by Gasteiger charge is -2.33. The van der Waals surface area contributed by atoms with E-state index in [9.17, 15) is 14.7 Å². The van der Waals surface area contributed by atoms with Crippen LogP contribution in [0.25, 0.3) is 44.2 Å². The van der Waals surface area contributed by atoms with Crippen LogP contribution in [-0.4, -0.2) is 106 Å². The summed E-state index contributed by atoms with van der Waals surface area (Å²) in [6.45, 7) is 6.38. The summed E-state index contributed by atoms with van der Waals surface area (Å²) in [5.74, 6) is 3.12. The Morgan fingerprint density at radius 3 is 2.58 bits per heavy atom. The highest BCUT2D eigenvalue weighted by atomic mass is 16.6. The van der Waals surface area contributed by atoms with Gasteiger partial charge >= 0.3 is 6.09 Å². The molecule has 6 aromatic rings. The Morgan fingerprint density at radius 1 is 0.953 bits per heavy atom. The van der Waals surface area contributed by atoms with Crippen molar-refractivity contribution in [3.8, 4) is 28.1 Å². The number of amides is 2. The first-order valence-corrected chi connectivity index (χ1v) is 22.3. The molecule has 3 fully saturated rings. The largest absolute Gasteiger partial charge is 0.488 e. The van der Waals surface area contributed by atoms with Gasteiger partial charge in [0.05, 0.1) is 60.8 Å². The van der Waals surface area contributed by atoms with Crippen LogP contribution in [0.15, 0.2) is 79.0 Å². The molecule has 334 valence electrons. The molecule has 0 spiro atoms. The average molecular weight is 869 g/mol. The second-order valence-corrected chi connectivity index (χ2v) is 18.2. The quantitative estimate of drug-likeness (QED) is 0.0714. The monoisotopic (exact) mass is 868 g/mol. The Morgan fingerprint density at radius 2 is 1.80 bits per heavy atom. The van der Waals surface area contributed by atoms with E-state index in [2.05, 4.69) is 61.9 Å². The lowest BCUT2D eigenvalue weighted by Crippen LogP contribution is -2.53. The van der Waals surface area contributed by atoms with Gasteiger partial charge in [0.2, 0.25) is 12.3 Å². The number of methoxy groups -OCH3 is 3. The number of imidazole rings is 2. The summed E-state index contributed by atoms with van der Waals surface area (Å²) in [6, 6.07) is 24.0. The van der Waals surface area contributed by atoms with Gasteiger partial charge in [-0.1, -0.05) is 62.4 Å². The van der Waals surface area contributed by atoms with Gasteiger partial charge in [-0.3, -0.25) is 15.0 Å². The molecule has 10 rings (SSSR count). The van der Waals surface area contributed by atoms with E-state index in [4.69, 9.17) is 28.9 Å². The molecule has 1 aliphatic carbocycles. The highest BCUT2D eigenvalue weighted by molar-refractivity contribution is 6.07. The third-order valence-corrected chi connectivity index (χ3v) is 13.7. The maximum Gasteiger partial charge on any atom is 0.407 e. The van der Waals surface area contributed by atoms with Gasteiger partial charge in [0.15, 0.2) is 0 Å². The fourth-order valence-corrected chi connectivity index (χ4v) is 10.4. The first kappa shape index (κ1) is 42.1. The number of H-pyrrole nitrogens is 2. The summed E-state index contributed by atoms with van der Waals surface area (Å²) >= 11 is 0. The Labute approximate surface area is 371 Å². The molecule has 0 bridgehead atoms. The molecule has 3 aliphatic heterocycles. The standard InChI is InChI=1S/C49H56N8O7/c1-26(2)43(55-49(60)63-5)47(58)57-39-18-31(39)19-41(57)46-51-36-14-12-29-17-35-33-13-11-30(16-32(33)25-64-42(35)20-34(29)44(36)54-46)37-21-50-45(52-37)40-15-27(24-61-3)22-56(40)23-38(53-48(59)62-4)28-9-7-6-8-10-28/h6-14,16-17,20-21,26-27,31,38-41,43,49,55,60H,15,18-19,22-25H2,1-5H3,(H,50,52)(H,51,54)(H,53,59)/t27-,31-,38-,39?,40-,41-,43-,49?/m0/s1. The van der Waals surface area contributed by atoms with Crippen molar-refractivity contribution in [3.05, 3.63) is 102 Å². The molecule has 5 N–H and O–H groups in total. The predicted molar refractivity (Wildman–Crippen MR) is 241 cm³/mol. The van der Waals surface area contributed by atoms with Gasteiger partial charge in [-0.25, -0.2) is 14.8 Å². The molecule has 15 heteroatoms. The summed E-state index contributed by atoms with van der Waals surface area (Å²) < 4.78 is 22.1. The summed E-state index contributed by atoms with van der Waals surface area (Å²) in [7, 11) is 4.53. The van der Waals surface area contributed by atoms with Crippen LogP contribution in [0.2, 0.25) is 0 Å². The van der Waals surface area contributed by atoms with Crippen LogP contribution >= 0.6 is 0 Å². The first-order chi connectivity index (χ1) is 31.1. The lowest BCUT2D eigenvalue weighted by atomic mass is 9.92. The molecule has 5 heterocycles. The average Bonchev–Trinajstić information content (AvgIpc) is 3.76. The number of hydrogen-bond acceptors (Lipinski definition) is 11. The molecule has 4 aliphatic rings. The number of carbonyl (C=O) groups excluding carboxylic acids is 2. The van der Waals surface area contributed by atoms with Gasteiger partial charge in [-0.2, -0.15) is 0 Å². The van der Waals surface area contributed by atoms with E-state index in [1.807, 2.05) is 61.3 Å². The Kier molecular flexibility index (Phi) is 11.4. The van der Waals surface area contributed by atoms with Crippen molar-refractivity contribution in [2.75, 3.05) is 41.0 Å². The van der Waals surface area contributed by atoms with Crippen molar-refractivity contribution in [1.82, 2.24) is 40.4 Å². The summed E-state index contributed by atoms with van der Waals surface area (Å²) in [5.41, 5.74) is 7.94. The van der Waals surface area contributed by atoms with Crippen molar-refractivity contribution in [3.63, 3.8) is 0 Å². The molecule has 2 amide bonds. The van der Waals surface area contributed by atoms with Crippen molar-refractivity contribution in [2.24, 2.45) is 17.8 Å². The second-order valence-electron chi connectivity index (χ2n) is 18.2. The summed E-state index contributed by atoms with van der Waals surface area (Å²) in [5, 5.41) is 18.3. The number of piperidine rings is 1. The number of aromatic nitrogens is 4. The fourth-order valence-electron chi connectivity index (χ4n) is 10.4. The normalized spacial score (nSPS) is 22.8. The molecule has 2 unspecified atom stereocenters. The molecule has 8 atom stereocenters. The van der Waals surface area contributed by atoms with Crippen LogP contribution in [-0.2, 0) is 25.6 Å². The molecule has 2 aromatic heterocycles. The summed E-state index contributed by atoms with van der Waals surface area (Å²) in [6.07, 6.45) is 2.91. The second kappa shape index (κ2) is 17.3. The number of aliphatic hydroxyl groups is 1. The smallest absolute Gasteiger partial charge is 0.407 e. The zero-order valence-corrected chi connectivity index (χ0v) is 36.8. The van der Waals surface area contributed by atoms with Crippen molar-refractivity contribution >= 4 is 33.8 Å². The van der Waals surface area contributed by atoms with Gasteiger partial charge < -0.3 is 44.2 Å². The third-order valence-electron chi connectivity index (χ3n) is 13.7. The van der Waals surface area contributed by atoms with Gasteiger partial charge in [-0.15, -0.1) is 0 Å². The van der Waals surface area contributed by atoms with Gasteiger partial charge in [0, 0.05) is 44.3 Å². The van der Waals surface area contributed by atoms with Crippen LogP contribution in [0, 0.1) is 17.8 Å². The molecule has 64 heavy (non-hydrogen) atoms. The van der Waals surface area contributed by atoms with Crippen molar-refractivity contribution in [2.45, 2.75) is 76.3 Å². The van der Waals surface area contributed by atoms with Crippen molar-refractivity contribution < 1.29 is 33.6 Å². The van der Waals surface area contributed by atoms with Gasteiger partial charge in [0.25, 0.3) is 0 Å². The number of alkyl carbamates (subject to hydrolysis) is 1. The van der Waals surface area contributed by atoms with Gasteiger partial charge in [0.1, 0.15) is 24.0 Å². The Balaban J connectivity index is 0.898. The number of aromatic amines is 2. The number of benzene rings is 4. The fraction of sp³-hybridized carbons (Fsp3) is 0.429. The molecular formula is C49H56N8O7.